The second kappa shape index (κ2) is 10.2. The van der Waals surface area contributed by atoms with Crippen LogP contribution in [0.4, 0.5) is 11.5 Å². The third-order valence-corrected chi connectivity index (χ3v) is 9.72. The Hall–Kier alpha value is -3.73. The number of benzene rings is 1. The van der Waals surface area contributed by atoms with E-state index in [4.69, 9.17) is 14.6 Å². The fourth-order valence-corrected chi connectivity index (χ4v) is 7.51. The first-order valence-corrected chi connectivity index (χ1v) is 15.2. The lowest BCUT2D eigenvalue weighted by atomic mass is 9.87. The first kappa shape index (κ1) is 29.8. The van der Waals surface area contributed by atoms with E-state index >= 15 is 0 Å². The Morgan fingerprint density at radius 2 is 2.00 bits per heavy atom. The van der Waals surface area contributed by atoms with Gasteiger partial charge in [0.05, 0.1) is 35.0 Å². The van der Waals surface area contributed by atoms with Gasteiger partial charge in [-0.25, -0.2) is 13.2 Å². The van der Waals surface area contributed by atoms with E-state index in [9.17, 15) is 23.3 Å². The van der Waals surface area contributed by atoms with E-state index in [0.29, 0.717) is 29.6 Å². The molecule has 1 aromatic carbocycles. The quantitative estimate of drug-likeness (QED) is 0.417. The molecule has 2 aromatic heterocycles. The minimum absolute atomic E-state index is 0.0207. The molecule has 4 heterocycles. The van der Waals surface area contributed by atoms with Gasteiger partial charge in [0.25, 0.3) is 5.56 Å². The zero-order valence-electron chi connectivity index (χ0n) is 24.6. The number of nitriles is 1. The van der Waals surface area contributed by atoms with Crippen molar-refractivity contribution in [3.05, 3.63) is 46.4 Å². The minimum Gasteiger partial charge on any atom is -0.458 e. The number of rotatable bonds is 5. The standard InChI is InChI=1S/C29H36N6O6S/c1-27(2,3)34-16-18-15-19(7-8-22(18)42(34,38)39)32-24-23-20(10-14-31-25(23)36)35(33-24)29(12-13-30)11-9-21(40-17-29)26(37)41-28(4,5)6/h7-8,10,14-15,21H,9,11-12,16-17H2,1-6H3,(H,31,36)(H,32,33). The third kappa shape index (κ3) is 5.30. The van der Waals surface area contributed by atoms with Crippen LogP contribution in [0.25, 0.3) is 10.9 Å². The average molecular weight is 597 g/mol. The summed E-state index contributed by atoms with van der Waals surface area (Å²) in [5.41, 5.74) is -0.853. The van der Waals surface area contributed by atoms with Gasteiger partial charge in [-0.05, 0) is 84.2 Å². The van der Waals surface area contributed by atoms with Crippen LogP contribution in [-0.2, 0) is 36.4 Å². The molecule has 0 bridgehead atoms. The summed E-state index contributed by atoms with van der Waals surface area (Å²) in [4.78, 5) is 28.6. The van der Waals surface area contributed by atoms with E-state index in [1.165, 1.54) is 10.5 Å². The fourth-order valence-electron chi connectivity index (χ4n) is 5.54. The molecule has 0 aliphatic carbocycles. The minimum atomic E-state index is -3.63. The molecule has 2 N–H and O–H groups in total. The van der Waals surface area contributed by atoms with Gasteiger partial charge in [-0.15, -0.1) is 0 Å². The van der Waals surface area contributed by atoms with Gasteiger partial charge in [-0.2, -0.15) is 14.7 Å². The van der Waals surface area contributed by atoms with E-state index in [-0.39, 0.29) is 41.2 Å². The molecule has 1 fully saturated rings. The highest BCUT2D eigenvalue weighted by Gasteiger charge is 2.44. The van der Waals surface area contributed by atoms with Crippen LogP contribution in [0, 0.1) is 11.3 Å². The van der Waals surface area contributed by atoms with Crippen molar-refractivity contribution in [1.29, 1.82) is 5.26 Å². The van der Waals surface area contributed by atoms with Crippen LogP contribution in [-0.4, -0.2) is 57.3 Å². The number of nitrogens with one attached hydrogen (secondary N) is 2. The van der Waals surface area contributed by atoms with E-state index in [2.05, 4.69) is 16.4 Å². The highest BCUT2D eigenvalue weighted by Crippen LogP contribution is 2.39. The summed E-state index contributed by atoms with van der Waals surface area (Å²) in [5.74, 6) is -0.201. The van der Waals surface area contributed by atoms with Crippen LogP contribution in [0.1, 0.15) is 66.4 Å². The summed E-state index contributed by atoms with van der Waals surface area (Å²) in [6.45, 7) is 11.2. The zero-order chi connectivity index (χ0) is 30.7. The molecule has 12 nitrogen and oxygen atoms in total. The number of hydrogen-bond acceptors (Lipinski definition) is 9. The van der Waals surface area contributed by atoms with Crippen LogP contribution in [0.3, 0.4) is 0 Å². The number of carbonyl (C=O) groups excluding carboxylic acids is 1. The Kier molecular flexibility index (Phi) is 7.24. The van der Waals surface area contributed by atoms with Crippen molar-refractivity contribution in [2.45, 2.75) is 95.0 Å². The van der Waals surface area contributed by atoms with Crippen molar-refractivity contribution >= 4 is 38.4 Å². The van der Waals surface area contributed by atoms with Gasteiger partial charge in [0.2, 0.25) is 10.0 Å². The van der Waals surface area contributed by atoms with Crippen molar-refractivity contribution in [2.24, 2.45) is 0 Å². The monoisotopic (exact) mass is 596 g/mol. The van der Waals surface area contributed by atoms with Gasteiger partial charge in [0.15, 0.2) is 11.9 Å². The van der Waals surface area contributed by atoms with Crippen molar-refractivity contribution in [3.8, 4) is 6.07 Å². The molecule has 2 atom stereocenters. The maximum atomic E-state index is 13.1. The highest BCUT2D eigenvalue weighted by molar-refractivity contribution is 7.89. The molecule has 5 rings (SSSR count). The van der Waals surface area contributed by atoms with Crippen LogP contribution >= 0.6 is 0 Å². The summed E-state index contributed by atoms with van der Waals surface area (Å²) in [6.07, 6.45) is 1.49. The molecule has 2 aliphatic heterocycles. The summed E-state index contributed by atoms with van der Waals surface area (Å²) < 4.78 is 40.8. The summed E-state index contributed by atoms with van der Waals surface area (Å²) in [6, 6.07) is 8.89. The molecule has 1 saturated heterocycles. The number of carbonyl (C=O) groups is 1. The first-order valence-electron chi connectivity index (χ1n) is 13.8. The van der Waals surface area contributed by atoms with Crippen LogP contribution < -0.4 is 10.9 Å². The van der Waals surface area contributed by atoms with Crippen molar-refractivity contribution < 1.29 is 22.7 Å². The van der Waals surface area contributed by atoms with E-state index in [1.54, 1.807) is 49.7 Å². The molecule has 0 spiro atoms. The van der Waals surface area contributed by atoms with Gasteiger partial charge in [0.1, 0.15) is 11.0 Å². The van der Waals surface area contributed by atoms with Gasteiger partial charge >= 0.3 is 5.97 Å². The largest absolute Gasteiger partial charge is 0.458 e. The predicted molar refractivity (Wildman–Crippen MR) is 156 cm³/mol. The lowest BCUT2D eigenvalue weighted by Crippen LogP contribution is -2.47. The molecule has 2 aliphatic rings. The van der Waals surface area contributed by atoms with Gasteiger partial charge in [0, 0.05) is 24.0 Å². The van der Waals surface area contributed by atoms with E-state index in [0.717, 1.165) is 0 Å². The predicted octanol–water partition coefficient (Wildman–Crippen LogP) is 3.90. The number of H-pyrrole nitrogens is 1. The normalized spacial score (nSPS) is 22.5. The van der Waals surface area contributed by atoms with Crippen LogP contribution in [0.2, 0.25) is 0 Å². The lowest BCUT2D eigenvalue weighted by Gasteiger charge is -2.39. The number of ether oxygens (including phenoxy) is 2. The summed E-state index contributed by atoms with van der Waals surface area (Å²) >= 11 is 0. The molecule has 0 radical (unpaired) electrons. The number of aromatic amines is 1. The number of nitrogens with zero attached hydrogens (tertiary/aromatic N) is 4. The summed E-state index contributed by atoms with van der Waals surface area (Å²) in [5, 5.41) is 18.0. The molecular formula is C29H36N6O6S. The molecule has 0 amide bonds. The molecule has 224 valence electrons. The van der Waals surface area contributed by atoms with Crippen LogP contribution in [0.5, 0.6) is 0 Å². The van der Waals surface area contributed by atoms with Gasteiger partial charge in [-0.1, -0.05) is 0 Å². The Labute approximate surface area is 244 Å². The summed E-state index contributed by atoms with van der Waals surface area (Å²) in [7, 11) is -3.63. The first-order chi connectivity index (χ1) is 19.6. The Morgan fingerprint density at radius 3 is 2.62 bits per heavy atom. The van der Waals surface area contributed by atoms with E-state index in [1.807, 2.05) is 20.8 Å². The number of hydrogen-bond donors (Lipinski definition) is 2. The Balaban J connectivity index is 1.50. The number of aromatic nitrogens is 3. The van der Waals surface area contributed by atoms with Crippen LogP contribution in [0.15, 0.2) is 40.2 Å². The van der Waals surface area contributed by atoms with Gasteiger partial charge < -0.3 is 19.8 Å². The zero-order valence-corrected chi connectivity index (χ0v) is 25.5. The maximum Gasteiger partial charge on any atom is 0.335 e. The second-order valence-electron chi connectivity index (χ2n) is 12.9. The van der Waals surface area contributed by atoms with Gasteiger partial charge in [-0.3, -0.25) is 9.48 Å². The number of fused-ring (bicyclic) bond motifs is 2. The molecule has 0 saturated carbocycles. The topological polar surface area (TPSA) is 159 Å². The van der Waals surface area contributed by atoms with Crippen molar-refractivity contribution in [1.82, 2.24) is 19.1 Å². The smallest absolute Gasteiger partial charge is 0.335 e. The van der Waals surface area contributed by atoms with Crippen molar-refractivity contribution in [3.63, 3.8) is 0 Å². The molecule has 2 unspecified atom stereocenters. The highest BCUT2D eigenvalue weighted by atomic mass is 32.2. The molecule has 3 aromatic rings. The number of sulfonamides is 1. The third-order valence-electron chi connectivity index (χ3n) is 7.51. The number of anilines is 2. The molecule has 42 heavy (non-hydrogen) atoms. The fraction of sp³-hybridized carbons (Fsp3) is 0.517. The van der Waals surface area contributed by atoms with E-state index < -0.39 is 38.8 Å². The maximum absolute atomic E-state index is 13.1. The molecular weight excluding hydrogens is 560 g/mol. The molecule has 13 heteroatoms. The SMILES string of the molecule is CC(C)(C)OC(=O)C1CCC(CC#N)(n2nc(Nc3ccc4c(c3)CN(C(C)(C)C)S4(=O)=O)c3c(=O)[nH]ccc32)CO1. The lowest BCUT2D eigenvalue weighted by molar-refractivity contribution is -0.176. The Morgan fingerprint density at radius 1 is 1.26 bits per heavy atom. The van der Waals surface area contributed by atoms with Crippen molar-refractivity contribution in [2.75, 3.05) is 11.9 Å². The Bertz CT molecular complexity index is 1750. The number of esters is 1. The average Bonchev–Trinajstić information content (AvgIpc) is 3.39. The number of pyridine rings is 1. The second-order valence-corrected chi connectivity index (χ2v) is 14.7.